The number of halogens is 1. The number of esters is 1. The van der Waals surface area contributed by atoms with Gasteiger partial charge in [0.2, 0.25) is 0 Å². The zero-order chi connectivity index (χ0) is 10.8. The first-order valence-corrected chi connectivity index (χ1v) is 5.19. The largest absolute Gasteiger partial charge is 0.407 e. The van der Waals surface area contributed by atoms with Crippen molar-refractivity contribution in [3.63, 3.8) is 0 Å². The lowest BCUT2D eigenvalue weighted by molar-refractivity contribution is -0.130. The van der Waals surface area contributed by atoms with E-state index in [0.717, 1.165) is 10.0 Å². The SMILES string of the molecule is CC1=N/C(=C\c2ccc(Br)cc2)C(=O)O1. The molecule has 1 aliphatic heterocycles. The monoisotopic (exact) mass is 265 g/mol. The molecule has 0 N–H and O–H groups in total. The minimum Gasteiger partial charge on any atom is -0.407 e. The van der Waals surface area contributed by atoms with E-state index >= 15 is 0 Å². The van der Waals surface area contributed by atoms with Crippen LogP contribution in [0, 0.1) is 0 Å². The molecule has 0 aliphatic carbocycles. The number of carbonyl (C=O) groups excluding carboxylic acids is 1. The van der Waals surface area contributed by atoms with E-state index in [1.54, 1.807) is 13.0 Å². The summed E-state index contributed by atoms with van der Waals surface area (Å²) in [7, 11) is 0. The molecule has 1 aliphatic rings. The predicted octanol–water partition coefficient (Wildman–Crippen LogP) is 2.77. The van der Waals surface area contributed by atoms with E-state index in [2.05, 4.69) is 20.9 Å². The summed E-state index contributed by atoms with van der Waals surface area (Å²) in [5.74, 6) is -0.00113. The molecule has 2 rings (SSSR count). The predicted molar refractivity (Wildman–Crippen MR) is 61.3 cm³/mol. The van der Waals surface area contributed by atoms with Crippen molar-refractivity contribution in [1.29, 1.82) is 0 Å². The van der Waals surface area contributed by atoms with Crippen molar-refractivity contribution in [2.75, 3.05) is 0 Å². The summed E-state index contributed by atoms with van der Waals surface area (Å²) in [5, 5.41) is 0. The van der Waals surface area contributed by atoms with Crippen molar-refractivity contribution in [3.8, 4) is 0 Å². The molecule has 0 radical (unpaired) electrons. The minimum atomic E-state index is -0.393. The number of hydrogen-bond acceptors (Lipinski definition) is 3. The van der Waals surface area contributed by atoms with Crippen molar-refractivity contribution in [2.45, 2.75) is 6.92 Å². The molecule has 0 atom stereocenters. The van der Waals surface area contributed by atoms with Crippen LogP contribution in [0.1, 0.15) is 12.5 Å². The second-order valence-corrected chi connectivity index (χ2v) is 4.02. The molecule has 1 heterocycles. The van der Waals surface area contributed by atoms with Gasteiger partial charge < -0.3 is 4.74 Å². The first-order chi connectivity index (χ1) is 7.15. The summed E-state index contributed by atoms with van der Waals surface area (Å²) in [5.41, 5.74) is 1.26. The van der Waals surface area contributed by atoms with E-state index in [4.69, 9.17) is 4.74 Å². The minimum absolute atomic E-state index is 0.342. The van der Waals surface area contributed by atoms with E-state index in [9.17, 15) is 4.79 Å². The first kappa shape index (κ1) is 10.1. The van der Waals surface area contributed by atoms with Crippen molar-refractivity contribution in [3.05, 3.63) is 40.0 Å². The van der Waals surface area contributed by atoms with Crippen LogP contribution in [0.25, 0.3) is 6.08 Å². The highest BCUT2D eigenvalue weighted by Gasteiger charge is 2.19. The Morgan fingerprint density at radius 3 is 2.53 bits per heavy atom. The van der Waals surface area contributed by atoms with Gasteiger partial charge in [0.25, 0.3) is 0 Å². The highest BCUT2D eigenvalue weighted by molar-refractivity contribution is 9.10. The number of carbonyl (C=O) groups is 1. The molecule has 0 saturated heterocycles. The second kappa shape index (κ2) is 3.98. The Hall–Kier alpha value is -1.42. The molecule has 0 unspecified atom stereocenters. The standard InChI is InChI=1S/C11H8BrNO2/c1-7-13-10(11(14)15-7)6-8-2-4-9(12)5-3-8/h2-6H,1H3/b10-6-. The van der Waals surface area contributed by atoms with E-state index in [1.165, 1.54) is 0 Å². The highest BCUT2D eigenvalue weighted by atomic mass is 79.9. The molecule has 1 aromatic carbocycles. The summed E-state index contributed by atoms with van der Waals surface area (Å²) in [6, 6.07) is 7.60. The van der Waals surface area contributed by atoms with Gasteiger partial charge in [0.15, 0.2) is 11.6 Å². The van der Waals surface area contributed by atoms with Crippen LogP contribution in [-0.2, 0) is 9.53 Å². The Kier molecular flexibility index (Phi) is 2.68. The normalized spacial score (nSPS) is 17.9. The van der Waals surface area contributed by atoms with Crippen molar-refractivity contribution in [1.82, 2.24) is 0 Å². The van der Waals surface area contributed by atoms with E-state index in [1.807, 2.05) is 24.3 Å². The molecule has 0 saturated carbocycles. The van der Waals surface area contributed by atoms with E-state index in [-0.39, 0.29) is 0 Å². The van der Waals surface area contributed by atoms with Gasteiger partial charge in [-0.2, -0.15) is 0 Å². The molecule has 0 amide bonds. The first-order valence-electron chi connectivity index (χ1n) is 4.40. The summed E-state index contributed by atoms with van der Waals surface area (Å²) in [6.45, 7) is 1.65. The molecule has 0 aromatic heterocycles. The van der Waals surface area contributed by atoms with Gasteiger partial charge in [-0.1, -0.05) is 28.1 Å². The van der Waals surface area contributed by atoms with E-state index < -0.39 is 5.97 Å². The Bertz CT molecular complexity index is 460. The van der Waals surface area contributed by atoms with Gasteiger partial charge in [0.05, 0.1) is 0 Å². The summed E-state index contributed by atoms with van der Waals surface area (Å²) < 4.78 is 5.80. The van der Waals surface area contributed by atoms with Crippen molar-refractivity contribution < 1.29 is 9.53 Å². The fourth-order valence-corrected chi connectivity index (χ4v) is 1.50. The van der Waals surface area contributed by atoms with Crippen molar-refractivity contribution >= 4 is 33.9 Å². The molecular weight excluding hydrogens is 258 g/mol. The van der Waals surface area contributed by atoms with Crippen LogP contribution in [0.15, 0.2) is 39.4 Å². The van der Waals surface area contributed by atoms with Gasteiger partial charge in [0.1, 0.15) is 0 Å². The quantitative estimate of drug-likeness (QED) is 0.579. The lowest BCUT2D eigenvalue weighted by atomic mass is 10.2. The zero-order valence-electron chi connectivity index (χ0n) is 8.03. The summed E-state index contributed by atoms with van der Waals surface area (Å²) in [6.07, 6.45) is 1.70. The zero-order valence-corrected chi connectivity index (χ0v) is 9.61. The number of aliphatic imine (C=N–C) groups is 1. The molecule has 0 bridgehead atoms. The van der Waals surface area contributed by atoms with Gasteiger partial charge in [-0.15, -0.1) is 0 Å². The number of cyclic esters (lactones) is 1. The van der Waals surface area contributed by atoms with E-state index in [0.29, 0.717) is 11.6 Å². The number of ether oxygens (including phenoxy) is 1. The maximum Gasteiger partial charge on any atom is 0.363 e. The third-order valence-corrected chi connectivity index (χ3v) is 2.43. The lowest BCUT2D eigenvalue weighted by Gasteiger charge is -1.94. The summed E-state index contributed by atoms with van der Waals surface area (Å²) in [4.78, 5) is 15.2. The van der Waals surface area contributed by atoms with Crippen LogP contribution in [0.4, 0.5) is 0 Å². The Morgan fingerprint density at radius 1 is 1.33 bits per heavy atom. The maximum absolute atomic E-state index is 11.2. The third-order valence-electron chi connectivity index (χ3n) is 1.90. The molecule has 15 heavy (non-hydrogen) atoms. The van der Waals surface area contributed by atoms with Crippen LogP contribution in [-0.4, -0.2) is 11.9 Å². The van der Waals surface area contributed by atoms with Gasteiger partial charge in [0, 0.05) is 11.4 Å². The fraction of sp³-hybridized carbons (Fsp3) is 0.0909. The fourth-order valence-electron chi connectivity index (χ4n) is 1.23. The summed E-state index contributed by atoms with van der Waals surface area (Å²) >= 11 is 3.34. The van der Waals surface area contributed by atoms with Crippen LogP contribution in [0.2, 0.25) is 0 Å². The van der Waals surface area contributed by atoms with Crippen LogP contribution in [0.3, 0.4) is 0 Å². The number of rotatable bonds is 1. The topological polar surface area (TPSA) is 38.7 Å². The number of benzene rings is 1. The Balaban J connectivity index is 2.31. The average molecular weight is 266 g/mol. The van der Waals surface area contributed by atoms with Gasteiger partial charge in [-0.25, -0.2) is 9.79 Å². The molecule has 3 nitrogen and oxygen atoms in total. The van der Waals surface area contributed by atoms with Gasteiger partial charge >= 0.3 is 5.97 Å². The van der Waals surface area contributed by atoms with Crippen LogP contribution in [0.5, 0.6) is 0 Å². The smallest absolute Gasteiger partial charge is 0.363 e. The number of nitrogens with zero attached hydrogens (tertiary/aromatic N) is 1. The van der Waals surface area contributed by atoms with Gasteiger partial charge in [-0.3, -0.25) is 0 Å². The van der Waals surface area contributed by atoms with Crippen LogP contribution >= 0.6 is 15.9 Å². The highest BCUT2D eigenvalue weighted by Crippen LogP contribution is 2.17. The molecule has 76 valence electrons. The second-order valence-electron chi connectivity index (χ2n) is 3.10. The average Bonchev–Trinajstić information content (AvgIpc) is 2.49. The molecule has 0 fully saturated rings. The third kappa shape index (κ3) is 2.33. The number of hydrogen-bond donors (Lipinski definition) is 0. The lowest BCUT2D eigenvalue weighted by Crippen LogP contribution is -1.99. The molecular formula is C11H8BrNO2. The van der Waals surface area contributed by atoms with Crippen molar-refractivity contribution in [2.24, 2.45) is 4.99 Å². The van der Waals surface area contributed by atoms with Crippen LogP contribution < -0.4 is 0 Å². The maximum atomic E-state index is 11.2. The Morgan fingerprint density at radius 2 is 2.00 bits per heavy atom. The molecule has 1 aromatic rings. The molecule has 0 spiro atoms. The molecule has 4 heteroatoms. The Labute approximate surface area is 95.6 Å². The van der Waals surface area contributed by atoms with Gasteiger partial charge in [-0.05, 0) is 23.8 Å².